The predicted molar refractivity (Wildman–Crippen MR) is 117 cm³/mol. The molecule has 0 unspecified atom stereocenters. The van der Waals surface area contributed by atoms with Gasteiger partial charge in [-0.25, -0.2) is 9.97 Å². The van der Waals surface area contributed by atoms with Crippen LogP contribution in [0.2, 0.25) is 0 Å². The van der Waals surface area contributed by atoms with E-state index >= 15 is 0 Å². The fourth-order valence-corrected chi connectivity index (χ4v) is 3.81. The van der Waals surface area contributed by atoms with Crippen LogP contribution in [0, 0.1) is 11.3 Å². The van der Waals surface area contributed by atoms with Gasteiger partial charge in [0.15, 0.2) is 23.7 Å². The SMILES string of the molecule is CCn1c(C#N)nc2c(-c3ocnc3-c3cc(OC)c(OC)c(OC)c3)ccc(OC)c21. The molecule has 0 saturated carbocycles. The lowest BCUT2D eigenvalue weighted by atomic mass is 10.0. The van der Waals surface area contributed by atoms with E-state index in [9.17, 15) is 5.26 Å². The number of methoxy groups -OCH3 is 4. The van der Waals surface area contributed by atoms with Crippen molar-refractivity contribution in [2.75, 3.05) is 28.4 Å². The number of benzene rings is 2. The number of hydrogen-bond donors (Lipinski definition) is 0. The fraction of sp³-hybridized carbons (Fsp3) is 0.261. The first-order valence-corrected chi connectivity index (χ1v) is 9.83. The molecule has 2 aromatic heterocycles. The molecule has 2 aromatic carbocycles. The molecule has 0 N–H and O–H groups in total. The first-order chi connectivity index (χ1) is 15.6. The molecule has 2 heterocycles. The first kappa shape index (κ1) is 21.1. The van der Waals surface area contributed by atoms with Crippen LogP contribution >= 0.6 is 0 Å². The zero-order valence-electron chi connectivity index (χ0n) is 18.4. The summed E-state index contributed by atoms with van der Waals surface area (Å²) in [6.45, 7) is 2.51. The third-order valence-corrected chi connectivity index (χ3v) is 5.24. The quantitative estimate of drug-likeness (QED) is 0.424. The van der Waals surface area contributed by atoms with Crippen LogP contribution < -0.4 is 18.9 Å². The molecule has 0 aliphatic heterocycles. The molecule has 0 aliphatic carbocycles. The summed E-state index contributed by atoms with van der Waals surface area (Å²) in [5.74, 6) is 2.89. The maximum absolute atomic E-state index is 9.58. The third-order valence-electron chi connectivity index (χ3n) is 5.24. The van der Waals surface area contributed by atoms with Crippen molar-refractivity contribution in [3.05, 3.63) is 36.5 Å². The maximum Gasteiger partial charge on any atom is 0.213 e. The van der Waals surface area contributed by atoms with Crippen molar-refractivity contribution in [2.45, 2.75) is 13.5 Å². The molecule has 9 heteroatoms. The average molecular weight is 434 g/mol. The Hall–Kier alpha value is -4.19. The Morgan fingerprint density at radius 1 is 1.00 bits per heavy atom. The number of oxazole rings is 1. The summed E-state index contributed by atoms with van der Waals surface area (Å²) in [5.41, 5.74) is 3.28. The van der Waals surface area contributed by atoms with E-state index in [2.05, 4.69) is 16.0 Å². The molecule has 4 rings (SSSR count). The molecular weight excluding hydrogens is 412 g/mol. The zero-order chi connectivity index (χ0) is 22.8. The van der Waals surface area contributed by atoms with Gasteiger partial charge in [0.2, 0.25) is 11.6 Å². The van der Waals surface area contributed by atoms with Gasteiger partial charge < -0.3 is 27.9 Å². The zero-order valence-corrected chi connectivity index (χ0v) is 18.4. The van der Waals surface area contributed by atoms with Crippen LogP contribution in [-0.4, -0.2) is 43.0 Å². The highest BCUT2D eigenvalue weighted by Crippen LogP contribution is 2.44. The number of imidazole rings is 1. The molecule has 4 aromatic rings. The van der Waals surface area contributed by atoms with Crippen LogP contribution in [-0.2, 0) is 6.54 Å². The predicted octanol–water partition coefficient (Wildman–Crippen LogP) is 4.28. The van der Waals surface area contributed by atoms with Crippen molar-refractivity contribution >= 4 is 11.0 Å². The van der Waals surface area contributed by atoms with Crippen LogP contribution in [0.1, 0.15) is 12.7 Å². The Morgan fingerprint density at radius 3 is 2.25 bits per heavy atom. The standard InChI is InChI=1S/C23H22N4O5/c1-6-27-18(11-24)26-20-14(7-8-15(28-2)21(20)27)22-19(25-12-32-22)13-9-16(29-3)23(31-5)17(10-13)30-4/h7-10,12H,6H2,1-5H3. The van der Waals surface area contributed by atoms with Crippen LogP contribution in [0.15, 0.2) is 35.1 Å². The molecule has 0 amide bonds. The molecule has 0 atom stereocenters. The topological polar surface area (TPSA) is 105 Å². The number of aromatic nitrogens is 3. The van der Waals surface area contributed by atoms with Gasteiger partial charge in [0.25, 0.3) is 0 Å². The molecule has 0 saturated heterocycles. The molecule has 9 nitrogen and oxygen atoms in total. The molecule has 0 radical (unpaired) electrons. The summed E-state index contributed by atoms with van der Waals surface area (Å²) in [6.07, 6.45) is 1.37. The number of nitriles is 1. The van der Waals surface area contributed by atoms with Gasteiger partial charge in [-0.2, -0.15) is 5.26 Å². The lowest BCUT2D eigenvalue weighted by Gasteiger charge is -2.14. The number of ether oxygens (including phenoxy) is 4. The number of hydrogen-bond acceptors (Lipinski definition) is 8. The monoisotopic (exact) mass is 434 g/mol. The van der Waals surface area contributed by atoms with E-state index < -0.39 is 0 Å². The van der Waals surface area contributed by atoms with Crippen LogP contribution in [0.25, 0.3) is 33.6 Å². The van der Waals surface area contributed by atoms with Gasteiger partial charge in [-0.15, -0.1) is 0 Å². The van der Waals surface area contributed by atoms with Gasteiger partial charge in [-0.05, 0) is 31.2 Å². The van der Waals surface area contributed by atoms with Crippen LogP contribution in [0.5, 0.6) is 23.0 Å². The van der Waals surface area contributed by atoms with Gasteiger partial charge in [0.05, 0.1) is 28.4 Å². The fourth-order valence-electron chi connectivity index (χ4n) is 3.81. The Morgan fingerprint density at radius 2 is 1.69 bits per heavy atom. The van der Waals surface area contributed by atoms with Gasteiger partial charge in [0.1, 0.15) is 28.5 Å². The second kappa shape index (κ2) is 8.51. The van der Waals surface area contributed by atoms with E-state index in [4.69, 9.17) is 23.4 Å². The average Bonchev–Trinajstić information content (AvgIpc) is 3.47. The minimum atomic E-state index is 0.294. The molecule has 0 aliphatic rings. The maximum atomic E-state index is 9.58. The van der Waals surface area contributed by atoms with Crippen molar-refractivity contribution in [1.82, 2.24) is 14.5 Å². The van der Waals surface area contributed by atoms with Gasteiger partial charge in [0, 0.05) is 17.7 Å². The lowest BCUT2D eigenvalue weighted by Crippen LogP contribution is -1.99. The summed E-state index contributed by atoms with van der Waals surface area (Å²) in [6, 6.07) is 9.42. The molecule has 0 bridgehead atoms. The minimum Gasteiger partial charge on any atom is -0.494 e. The molecule has 0 spiro atoms. The van der Waals surface area contributed by atoms with Crippen LogP contribution in [0.4, 0.5) is 0 Å². The normalized spacial score (nSPS) is 10.8. The Balaban J connectivity index is 1.98. The highest BCUT2D eigenvalue weighted by atomic mass is 16.5. The van der Waals surface area contributed by atoms with Crippen molar-refractivity contribution in [3.63, 3.8) is 0 Å². The summed E-state index contributed by atoms with van der Waals surface area (Å²) >= 11 is 0. The van der Waals surface area contributed by atoms with E-state index in [0.29, 0.717) is 63.5 Å². The van der Waals surface area contributed by atoms with Crippen LogP contribution in [0.3, 0.4) is 0 Å². The third kappa shape index (κ3) is 3.17. The van der Waals surface area contributed by atoms with Gasteiger partial charge in [-0.3, -0.25) is 0 Å². The second-order valence-electron chi connectivity index (χ2n) is 6.75. The highest BCUT2D eigenvalue weighted by molar-refractivity contribution is 5.98. The Labute approximate surface area is 184 Å². The van der Waals surface area contributed by atoms with Crippen molar-refractivity contribution < 1.29 is 23.4 Å². The van der Waals surface area contributed by atoms with Gasteiger partial charge >= 0.3 is 0 Å². The number of fused-ring (bicyclic) bond motifs is 1. The number of nitrogens with zero attached hydrogens (tertiary/aromatic N) is 4. The van der Waals surface area contributed by atoms with Crippen molar-refractivity contribution in [1.29, 1.82) is 5.26 Å². The lowest BCUT2D eigenvalue weighted by molar-refractivity contribution is 0.324. The molecule has 164 valence electrons. The van der Waals surface area contributed by atoms with E-state index in [0.717, 1.165) is 5.52 Å². The highest BCUT2D eigenvalue weighted by Gasteiger charge is 2.24. The van der Waals surface area contributed by atoms with E-state index in [1.54, 1.807) is 40.6 Å². The molecular formula is C23H22N4O5. The summed E-state index contributed by atoms with van der Waals surface area (Å²) in [4.78, 5) is 9.00. The summed E-state index contributed by atoms with van der Waals surface area (Å²) < 4.78 is 29.5. The van der Waals surface area contributed by atoms with E-state index in [1.807, 2.05) is 23.6 Å². The summed E-state index contributed by atoms with van der Waals surface area (Å²) in [7, 11) is 6.24. The number of aryl methyl sites for hydroxylation is 1. The van der Waals surface area contributed by atoms with E-state index in [1.165, 1.54) is 6.39 Å². The summed E-state index contributed by atoms with van der Waals surface area (Å²) in [5, 5.41) is 9.58. The Bertz CT molecular complexity index is 1310. The van der Waals surface area contributed by atoms with Crippen molar-refractivity contribution in [2.24, 2.45) is 0 Å². The van der Waals surface area contributed by atoms with Gasteiger partial charge in [-0.1, -0.05) is 0 Å². The largest absolute Gasteiger partial charge is 0.494 e. The van der Waals surface area contributed by atoms with E-state index in [-0.39, 0.29) is 0 Å². The first-order valence-electron chi connectivity index (χ1n) is 9.83. The van der Waals surface area contributed by atoms with Crippen molar-refractivity contribution in [3.8, 4) is 51.6 Å². The smallest absolute Gasteiger partial charge is 0.213 e. The Kier molecular flexibility index (Phi) is 5.60. The number of rotatable bonds is 7. The molecule has 32 heavy (non-hydrogen) atoms. The molecule has 0 fully saturated rings. The minimum absolute atomic E-state index is 0.294. The second-order valence-corrected chi connectivity index (χ2v) is 6.75.